The molecule has 12 heavy (non-hydrogen) atoms. The minimum Gasteiger partial charge on any atom is -0.392 e. The molecule has 2 atom stereocenters. The quantitative estimate of drug-likeness (QED) is 0.735. The van der Waals surface area contributed by atoms with E-state index in [1.165, 1.54) is 0 Å². The monoisotopic (exact) mass is 204 g/mol. The van der Waals surface area contributed by atoms with Crippen molar-refractivity contribution in [2.75, 3.05) is 0 Å². The molecule has 0 aliphatic carbocycles. The van der Waals surface area contributed by atoms with Crippen LogP contribution in [0.3, 0.4) is 0 Å². The summed E-state index contributed by atoms with van der Waals surface area (Å²) in [6.45, 7) is 1.66. The molecular formula is C9H10Cl2O. The summed E-state index contributed by atoms with van der Waals surface area (Å²) in [5.74, 6) is 0. The zero-order valence-corrected chi connectivity index (χ0v) is 8.18. The van der Waals surface area contributed by atoms with Crippen LogP contribution in [0.2, 0.25) is 5.02 Å². The van der Waals surface area contributed by atoms with Gasteiger partial charge in [-0.3, -0.25) is 0 Å². The maximum absolute atomic E-state index is 9.18. The predicted molar refractivity (Wildman–Crippen MR) is 51.7 cm³/mol. The van der Waals surface area contributed by atoms with E-state index in [1.54, 1.807) is 19.1 Å². The average Bonchev–Trinajstić information content (AvgIpc) is 2.04. The lowest BCUT2D eigenvalue weighted by atomic mass is 10.1. The van der Waals surface area contributed by atoms with E-state index in [0.29, 0.717) is 5.02 Å². The first-order chi connectivity index (χ1) is 5.61. The molecule has 3 heteroatoms. The number of hydrogen-bond donors (Lipinski definition) is 1. The Morgan fingerprint density at radius 2 is 1.75 bits per heavy atom. The summed E-state index contributed by atoms with van der Waals surface area (Å²) in [5, 5.41) is 9.49. The van der Waals surface area contributed by atoms with Crippen LogP contribution >= 0.6 is 23.2 Å². The summed E-state index contributed by atoms with van der Waals surface area (Å²) >= 11 is 11.6. The van der Waals surface area contributed by atoms with Gasteiger partial charge in [0.2, 0.25) is 0 Å². The molecule has 0 radical (unpaired) electrons. The van der Waals surface area contributed by atoms with Gasteiger partial charge in [0.15, 0.2) is 0 Å². The van der Waals surface area contributed by atoms with Crippen LogP contribution in [-0.4, -0.2) is 11.2 Å². The minimum absolute atomic E-state index is 0.359. The molecule has 0 aliphatic heterocycles. The van der Waals surface area contributed by atoms with Gasteiger partial charge in [0.1, 0.15) is 0 Å². The standard InChI is InChI=1S/C9H10Cl2O/c1-6(12)9(11)7-2-4-8(10)5-3-7/h2-6,9,12H,1H3. The molecule has 1 rings (SSSR count). The molecule has 0 bridgehead atoms. The van der Waals surface area contributed by atoms with Crippen LogP contribution in [0.4, 0.5) is 0 Å². The first-order valence-electron chi connectivity index (χ1n) is 3.69. The lowest BCUT2D eigenvalue weighted by Gasteiger charge is -2.12. The van der Waals surface area contributed by atoms with Gasteiger partial charge in [0, 0.05) is 5.02 Å². The number of hydrogen-bond acceptors (Lipinski definition) is 1. The first kappa shape index (κ1) is 9.85. The molecule has 0 aromatic heterocycles. The smallest absolute Gasteiger partial charge is 0.0841 e. The van der Waals surface area contributed by atoms with Crippen molar-refractivity contribution in [2.45, 2.75) is 18.4 Å². The van der Waals surface area contributed by atoms with Crippen molar-refractivity contribution < 1.29 is 5.11 Å². The van der Waals surface area contributed by atoms with Gasteiger partial charge >= 0.3 is 0 Å². The van der Waals surface area contributed by atoms with Gasteiger partial charge in [-0.2, -0.15) is 0 Å². The largest absolute Gasteiger partial charge is 0.392 e. The fraction of sp³-hybridized carbons (Fsp3) is 0.333. The zero-order valence-electron chi connectivity index (χ0n) is 6.67. The number of alkyl halides is 1. The second kappa shape index (κ2) is 4.13. The summed E-state index contributed by atoms with van der Waals surface area (Å²) in [4.78, 5) is 0. The summed E-state index contributed by atoms with van der Waals surface area (Å²) < 4.78 is 0. The van der Waals surface area contributed by atoms with E-state index in [4.69, 9.17) is 23.2 Å². The Bertz CT molecular complexity index is 243. The van der Waals surface area contributed by atoms with Crippen LogP contribution in [0.25, 0.3) is 0 Å². The fourth-order valence-electron chi connectivity index (χ4n) is 0.925. The Hall–Kier alpha value is -0.240. The van der Waals surface area contributed by atoms with Crippen molar-refractivity contribution in [3.8, 4) is 0 Å². The van der Waals surface area contributed by atoms with E-state index < -0.39 is 6.10 Å². The van der Waals surface area contributed by atoms with Crippen LogP contribution < -0.4 is 0 Å². The molecule has 0 amide bonds. The molecule has 0 saturated carbocycles. The van der Waals surface area contributed by atoms with Gasteiger partial charge in [0.25, 0.3) is 0 Å². The third-order valence-electron chi connectivity index (χ3n) is 1.61. The highest BCUT2D eigenvalue weighted by Gasteiger charge is 2.12. The van der Waals surface area contributed by atoms with E-state index in [9.17, 15) is 5.11 Å². The van der Waals surface area contributed by atoms with Crippen molar-refractivity contribution >= 4 is 23.2 Å². The summed E-state index contributed by atoms with van der Waals surface area (Å²) in [6, 6.07) is 7.14. The molecule has 1 aromatic rings. The van der Waals surface area contributed by atoms with E-state index >= 15 is 0 Å². The topological polar surface area (TPSA) is 20.2 Å². The van der Waals surface area contributed by atoms with Crippen LogP contribution in [0, 0.1) is 0 Å². The van der Waals surface area contributed by atoms with E-state index in [2.05, 4.69) is 0 Å². The third kappa shape index (κ3) is 2.37. The second-order valence-corrected chi connectivity index (χ2v) is 3.60. The van der Waals surface area contributed by atoms with Crippen molar-refractivity contribution in [1.82, 2.24) is 0 Å². The molecule has 1 aromatic carbocycles. The van der Waals surface area contributed by atoms with Gasteiger partial charge in [-0.25, -0.2) is 0 Å². The molecule has 0 fully saturated rings. The van der Waals surface area contributed by atoms with Crippen LogP contribution in [0.1, 0.15) is 17.9 Å². The lowest BCUT2D eigenvalue weighted by Crippen LogP contribution is -2.08. The Morgan fingerprint density at radius 3 is 2.17 bits per heavy atom. The maximum Gasteiger partial charge on any atom is 0.0841 e. The highest BCUT2D eigenvalue weighted by atomic mass is 35.5. The van der Waals surface area contributed by atoms with Gasteiger partial charge in [-0.15, -0.1) is 11.6 Å². The number of benzene rings is 1. The average molecular weight is 205 g/mol. The van der Waals surface area contributed by atoms with Gasteiger partial charge in [-0.05, 0) is 24.6 Å². The normalized spacial score (nSPS) is 15.7. The SMILES string of the molecule is CC(O)C(Cl)c1ccc(Cl)cc1. The molecule has 0 spiro atoms. The van der Waals surface area contributed by atoms with E-state index in [1.807, 2.05) is 12.1 Å². The van der Waals surface area contributed by atoms with E-state index in [0.717, 1.165) is 5.56 Å². The first-order valence-corrected chi connectivity index (χ1v) is 4.50. The Kier molecular flexibility index (Phi) is 3.39. The number of aliphatic hydroxyl groups is 1. The van der Waals surface area contributed by atoms with Gasteiger partial charge in [-0.1, -0.05) is 23.7 Å². The molecule has 1 N–H and O–H groups in total. The molecule has 1 nitrogen and oxygen atoms in total. The van der Waals surface area contributed by atoms with Crippen LogP contribution in [0.15, 0.2) is 24.3 Å². The number of aliphatic hydroxyl groups excluding tert-OH is 1. The Labute approximate surface area is 81.9 Å². The molecule has 0 heterocycles. The zero-order chi connectivity index (χ0) is 9.14. The fourth-order valence-corrected chi connectivity index (χ4v) is 1.20. The summed E-state index contributed by atoms with van der Waals surface area (Å²) in [6.07, 6.45) is -0.548. The summed E-state index contributed by atoms with van der Waals surface area (Å²) in [5.41, 5.74) is 0.885. The van der Waals surface area contributed by atoms with Crippen molar-refractivity contribution in [1.29, 1.82) is 0 Å². The van der Waals surface area contributed by atoms with Crippen molar-refractivity contribution in [3.63, 3.8) is 0 Å². The van der Waals surface area contributed by atoms with Crippen molar-refractivity contribution in [2.24, 2.45) is 0 Å². The maximum atomic E-state index is 9.18. The highest BCUT2D eigenvalue weighted by Crippen LogP contribution is 2.25. The van der Waals surface area contributed by atoms with Crippen LogP contribution in [-0.2, 0) is 0 Å². The molecule has 66 valence electrons. The summed E-state index contributed by atoms with van der Waals surface area (Å²) in [7, 11) is 0. The second-order valence-electron chi connectivity index (χ2n) is 2.69. The number of halogens is 2. The molecule has 0 aliphatic rings. The number of rotatable bonds is 2. The molecule has 2 unspecified atom stereocenters. The predicted octanol–water partition coefficient (Wildman–Crippen LogP) is 3.00. The third-order valence-corrected chi connectivity index (χ3v) is 2.48. The van der Waals surface area contributed by atoms with Crippen molar-refractivity contribution in [3.05, 3.63) is 34.9 Å². The van der Waals surface area contributed by atoms with E-state index in [-0.39, 0.29) is 5.38 Å². The molecular weight excluding hydrogens is 195 g/mol. The minimum atomic E-state index is -0.548. The lowest BCUT2D eigenvalue weighted by molar-refractivity contribution is 0.190. The Morgan fingerprint density at radius 1 is 1.25 bits per heavy atom. The van der Waals surface area contributed by atoms with Gasteiger partial charge in [0.05, 0.1) is 11.5 Å². The highest BCUT2D eigenvalue weighted by molar-refractivity contribution is 6.30. The Balaban J connectivity index is 2.82. The molecule has 0 saturated heterocycles. The van der Waals surface area contributed by atoms with Gasteiger partial charge < -0.3 is 5.11 Å². The van der Waals surface area contributed by atoms with Crippen LogP contribution in [0.5, 0.6) is 0 Å².